The van der Waals surface area contributed by atoms with Gasteiger partial charge in [0.15, 0.2) is 0 Å². The Morgan fingerprint density at radius 2 is 2.14 bits per heavy atom. The molecule has 1 aliphatic carbocycles. The smallest absolute Gasteiger partial charge is 0.124 e. The highest BCUT2D eigenvalue weighted by Crippen LogP contribution is 2.47. The molecule has 118 valence electrons. The Labute approximate surface area is 131 Å². The molecule has 1 aromatic heterocycles. The number of anilines is 1. The molecule has 1 heterocycles. The Balaban J connectivity index is 1.62. The van der Waals surface area contributed by atoms with Crippen LogP contribution in [-0.2, 0) is 13.2 Å². The minimum Gasteiger partial charge on any atom is -0.494 e. The summed E-state index contributed by atoms with van der Waals surface area (Å²) in [5.41, 5.74) is 1.74. The lowest BCUT2D eigenvalue weighted by Gasteiger charge is -2.11. The van der Waals surface area contributed by atoms with Gasteiger partial charge in [-0.3, -0.25) is 0 Å². The van der Waals surface area contributed by atoms with Gasteiger partial charge < -0.3 is 19.6 Å². The molecule has 4 heteroatoms. The van der Waals surface area contributed by atoms with Gasteiger partial charge in [0.1, 0.15) is 17.3 Å². The Bertz CT molecular complexity index is 635. The zero-order valence-corrected chi connectivity index (χ0v) is 13.1. The fourth-order valence-electron chi connectivity index (χ4n) is 2.71. The molecule has 0 spiro atoms. The molecule has 2 atom stereocenters. The average molecular weight is 301 g/mol. The second-order valence-corrected chi connectivity index (χ2v) is 5.89. The van der Waals surface area contributed by atoms with Gasteiger partial charge in [-0.05, 0) is 49.6 Å². The number of hydrogen-bond acceptors (Lipinski definition) is 4. The van der Waals surface area contributed by atoms with Crippen LogP contribution >= 0.6 is 0 Å². The number of benzene rings is 1. The lowest BCUT2D eigenvalue weighted by molar-refractivity contribution is 0.267. The number of furan rings is 1. The number of aliphatic hydroxyl groups excluding tert-OH is 1. The molecule has 2 aromatic rings. The van der Waals surface area contributed by atoms with Crippen LogP contribution in [0.25, 0.3) is 0 Å². The Morgan fingerprint density at radius 3 is 2.82 bits per heavy atom. The first-order chi connectivity index (χ1) is 10.7. The molecule has 3 rings (SSSR count). The largest absolute Gasteiger partial charge is 0.494 e. The lowest BCUT2D eigenvalue weighted by atomic mass is 10.2. The van der Waals surface area contributed by atoms with Gasteiger partial charge in [-0.15, -0.1) is 0 Å². The highest BCUT2D eigenvalue weighted by atomic mass is 16.5. The first-order valence-electron chi connectivity index (χ1n) is 7.90. The van der Waals surface area contributed by atoms with Gasteiger partial charge in [-0.25, -0.2) is 0 Å². The molecule has 0 saturated heterocycles. The van der Waals surface area contributed by atoms with E-state index in [0.717, 1.165) is 34.4 Å². The Morgan fingerprint density at radius 1 is 1.32 bits per heavy atom. The molecule has 4 nitrogen and oxygen atoms in total. The van der Waals surface area contributed by atoms with Crippen molar-refractivity contribution in [3.8, 4) is 5.75 Å². The van der Waals surface area contributed by atoms with E-state index in [1.807, 2.05) is 31.2 Å². The second kappa shape index (κ2) is 6.44. The molecule has 0 radical (unpaired) electrons. The maximum Gasteiger partial charge on any atom is 0.124 e. The van der Waals surface area contributed by atoms with E-state index in [9.17, 15) is 5.11 Å². The number of nitrogens with one attached hydrogen (secondary N) is 1. The summed E-state index contributed by atoms with van der Waals surface area (Å²) in [5, 5.41) is 12.8. The van der Waals surface area contributed by atoms with Crippen molar-refractivity contribution in [2.24, 2.45) is 5.92 Å². The van der Waals surface area contributed by atoms with E-state index < -0.39 is 0 Å². The summed E-state index contributed by atoms with van der Waals surface area (Å²) >= 11 is 0. The van der Waals surface area contributed by atoms with E-state index in [0.29, 0.717) is 19.1 Å². The highest BCUT2D eigenvalue weighted by Gasteiger charge is 2.36. The van der Waals surface area contributed by atoms with Crippen LogP contribution in [-0.4, -0.2) is 11.7 Å². The summed E-state index contributed by atoms with van der Waals surface area (Å²) in [5.74, 6) is 4.14. The summed E-state index contributed by atoms with van der Waals surface area (Å²) in [6.45, 7) is 5.38. The van der Waals surface area contributed by atoms with Crippen molar-refractivity contribution < 1.29 is 14.3 Å². The molecule has 0 bridgehead atoms. The van der Waals surface area contributed by atoms with Crippen molar-refractivity contribution >= 4 is 5.69 Å². The maximum atomic E-state index is 9.42. The highest BCUT2D eigenvalue weighted by molar-refractivity contribution is 5.51. The van der Waals surface area contributed by atoms with Crippen molar-refractivity contribution in [1.29, 1.82) is 0 Å². The minimum absolute atomic E-state index is 0.0324. The third-order valence-corrected chi connectivity index (χ3v) is 4.15. The predicted molar refractivity (Wildman–Crippen MR) is 86.1 cm³/mol. The van der Waals surface area contributed by atoms with Crippen LogP contribution in [0.5, 0.6) is 5.75 Å². The van der Waals surface area contributed by atoms with E-state index in [1.165, 1.54) is 6.42 Å². The average Bonchev–Trinajstić information content (AvgIpc) is 3.08. The molecule has 2 unspecified atom stereocenters. The predicted octanol–water partition coefficient (Wildman–Crippen LogP) is 3.91. The normalized spacial score (nSPS) is 20.0. The van der Waals surface area contributed by atoms with Crippen molar-refractivity contribution in [1.82, 2.24) is 0 Å². The molecule has 0 aliphatic heterocycles. The Kier molecular flexibility index (Phi) is 4.39. The molecule has 22 heavy (non-hydrogen) atoms. The quantitative estimate of drug-likeness (QED) is 0.814. The first-order valence-corrected chi connectivity index (χ1v) is 7.90. The third-order valence-electron chi connectivity index (χ3n) is 4.15. The van der Waals surface area contributed by atoms with Gasteiger partial charge >= 0.3 is 0 Å². The SMILES string of the molecule is CCOc1ccc(NCc2ccc(C3CC3C)o2)cc1CO. The maximum absolute atomic E-state index is 9.42. The summed E-state index contributed by atoms with van der Waals surface area (Å²) < 4.78 is 11.4. The lowest BCUT2D eigenvalue weighted by Crippen LogP contribution is -2.01. The summed E-state index contributed by atoms with van der Waals surface area (Å²) in [4.78, 5) is 0. The molecule has 1 aromatic carbocycles. The number of rotatable bonds is 7. The standard InChI is InChI=1S/C18H23NO3/c1-3-21-17-6-4-14(9-13(17)11-20)19-10-15-5-7-18(22-15)16-8-12(16)2/h4-7,9,12,16,19-20H,3,8,10-11H2,1-2H3. The fourth-order valence-corrected chi connectivity index (χ4v) is 2.71. The van der Waals surface area contributed by atoms with Crippen LogP contribution in [0.4, 0.5) is 5.69 Å². The van der Waals surface area contributed by atoms with E-state index in [2.05, 4.69) is 18.3 Å². The van der Waals surface area contributed by atoms with Crippen LogP contribution in [0, 0.1) is 5.92 Å². The third kappa shape index (κ3) is 3.28. The molecule has 1 aliphatic rings. The topological polar surface area (TPSA) is 54.6 Å². The van der Waals surface area contributed by atoms with E-state index in [1.54, 1.807) is 0 Å². The molecule has 2 N–H and O–H groups in total. The van der Waals surface area contributed by atoms with Crippen LogP contribution in [0.1, 0.15) is 43.3 Å². The van der Waals surface area contributed by atoms with E-state index >= 15 is 0 Å². The molecule has 1 fully saturated rings. The van der Waals surface area contributed by atoms with Crippen molar-refractivity contribution in [2.45, 2.75) is 39.3 Å². The van der Waals surface area contributed by atoms with Crippen LogP contribution in [0.15, 0.2) is 34.7 Å². The van der Waals surface area contributed by atoms with Gasteiger partial charge in [-0.2, -0.15) is 0 Å². The zero-order valence-electron chi connectivity index (χ0n) is 13.1. The number of hydrogen-bond donors (Lipinski definition) is 2. The van der Waals surface area contributed by atoms with Crippen LogP contribution in [0.3, 0.4) is 0 Å². The van der Waals surface area contributed by atoms with Gasteiger partial charge in [0.05, 0.1) is 19.8 Å². The first kappa shape index (κ1) is 15.0. The van der Waals surface area contributed by atoms with Gasteiger partial charge in [0.2, 0.25) is 0 Å². The molecule has 1 saturated carbocycles. The summed E-state index contributed by atoms with van der Waals surface area (Å²) in [6, 6.07) is 9.88. The Hall–Kier alpha value is -1.94. The molecular formula is C18H23NO3. The zero-order chi connectivity index (χ0) is 15.5. The van der Waals surface area contributed by atoms with Crippen LogP contribution in [0.2, 0.25) is 0 Å². The van der Waals surface area contributed by atoms with E-state index in [4.69, 9.17) is 9.15 Å². The number of aliphatic hydroxyl groups is 1. The monoisotopic (exact) mass is 301 g/mol. The van der Waals surface area contributed by atoms with Gasteiger partial charge in [-0.1, -0.05) is 6.92 Å². The fraction of sp³-hybridized carbons (Fsp3) is 0.444. The van der Waals surface area contributed by atoms with Gasteiger partial charge in [0, 0.05) is 17.2 Å². The van der Waals surface area contributed by atoms with Gasteiger partial charge in [0.25, 0.3) is 0 Å². The minimum atomic E-state index is -0.0324. The number of ether oxygens (including phenoxy) is 1. The van der Waals surface area contributed by atoms with Crippen molar-refractivity contribution in [3.05, 3.63) is 47.4 Å². The second-order valence-electron chi connectivity index (χ2n) is 5.89. The van der Waals surface area contributed by atoms with Crippen molar-refractivity contribution in [3.63, 3.8) is 0 Å². The van der Waals surface area contributed by atoms with Crippen molar-refractivity contribution in [2.75, 3.05) is 11.9 Å². The summed E-state index contributed by atoms with van der Waals surface area (Å²) in [6.07, 6.45) is 1.24. The van der Waals surface area contributed by atoms with Crippen LogP contribution < -0.4 is 10.1 Å². The molecular weight excluding hydrogens is 278 g/mol. The van der Waals surface area contributed by atoms with E-state index in [-0.39, 0.29) is 6.61 Å². The summed E-state index contributed by atoms with van der Waals surface area (Å²) in [7, 11) is 0. The molecule has 0 amide bonds.